The maximum Gasteiger partial charge on any atom is 0.256 e. The Morgan fingerprint density at radius 1 is 1.20 bits per heavy atom. The fourth-order valence-corrected chi connectivity index (χ4v) is 3.68. The second-order valence-electron chi connectivity index (χ2n) is 8.49. The third kappa shape index (κ3) is 4.88. The molecule has 0 saturated carbocycles. The van der Waals surface area contributed by atoms with Crippen molar-refractivity contribution in [1.29, 1.82) is 0 Å². The van der Waals surface area contributed by atoms with Crippen LogP contribution in [0.1, 0.15) is 32.6 Å². The van der Waals surface area contributed by atoms with Crippen LogP contribution in [0, 0.1) is 11.6 Å². The predicted octanol–water partition coefficient (Wildman–Crippen LogP) is 3.56. The zero-order valence-electron chi connectivity index (χ0n) is 19.3. The SMILES string of the molecule is CC(Nc1nc(-c2cnn3ccccc23)nc(OC[C@@H]2COC(C)(C)O2)c1F)c1ncc(F)cn1. The van der Waals surface area contributed by atoms with E-state index in [2.05, 4.69) is 30.4 Å². The van der Waals surface area contributed by atoms with Gasteiger partial charge in [0.25, 0.3) is 5.88 Å². The highest BCUT2D eigenvalue weighted by Crippen LogP contribution is 2.31. The number of aromatic nitrogens is 6. The van der Waals surface area contributed by atoms with Gasteiger partial charge in [-0.1, -0.05) is 6.07 Å². The van der Waals surface area contributed by atoms with Gasteiger partial charge >= 0.3 is 0 Å². The number of nitrogens with one attached hydrogen (secondary N) is 1. The minimum Gasteiger partial charge on any atom is -0.473 e. The fourth-order valence-electron chi connectivity index (χ4n) is 3.68. The average Bonchev–Trinajstić information content (AvgIpc) is 3.42. The third-order valence-electron chi connectivity index (χ3n) is 5.34. The summed E-state index contributed by atoms with van der Waals surface area (Å²) >= 11 is 0. The van der Waals surface area contributed by atoms with Gasteiger partial charge in [0.1, 0.15) is 18.5 Å². The molecule has 0 bridgehead atoms. The molecule has 1 aliphatic rings. The van der Waals surface area contributed by atoms with Crippen molar-refractivity contribution < 1.29 is 23.0 Å². The number of nitrogens with zero attached hydrogens (tertiary/aromatic N) is 6. The summed E-state index contributed by atoms with van der Waals surface area (Å²) in [6.07, 6.45) is 5.08. The first-order chi connectivity index (χ1) is 16.8. The molecule has 5 heterocycles. The van der Waals surface area contributed by atoms with Crippen LogP contribution in [0.15, 0.2) is 43.0 Å². The Morgan fingerprint density at radius 2 is 2.00 bits per heavy atom. The summed E-state index contributed by atoms with van der Waals surface area (Å²) in [5.74, 6) is -2.00. The zero-order chi connectivity index (χ0) is 24.6. The molecule has 12 heteroatoms. The van der Waals surface area contributed by atoms with Crippen LogP contribution >= 0.6 is 0 Å². The Kier molecular flexibility index (Phi) is 5.99. The van der Waals surface area contributed by atoms with Gasteiger partial charge in [-0.25, -0.2) is 23.9 Å². The topological polar surface area (TPSA) is 109 Å². The van der Waals surface area contributed by atoms with Crippen LogP contribution in [0.4, 0.5) is 14.6 Å². The predicted molar refractivity (Wildman–Crippen MR) is 121 cm³/mol. The summed E-state index contributed by atoms with van der Waals surface area (Å²) in [4.78, 5) is 16.6. The lowest BCUT2D eigenvalue weighted by Gasteiger charge is -2.18. The lowest BCUT2D eigenvalue weighted by Crippen LogP contribution is -2.25. The van der Waals surface area contributed by atoms with E-state index in [1.165, 1.54) is 0 Å². The maximum absolute atomic E-state index is 15.5. The molecule has 1 aliphatic heterocycles. The molecule has 0 radical (unpaired) electrons. The van der Waals surface area contributed by atoms with E-state index in [1.54, 1.807) is 37.7 Å². The quantitative estimate of drug-likeness (QED) is 0.422. The number of fused-ring (bicyclic) bond motifs is 1. The number of ether oxygens (including phenoxy) is 3. The standard InChI is InChI=1S/C23H23F2N7O3/c1-13(19-26-8-14(24)9-27-19)29-21-18(25)22(33-11-15-12-34-23(2,3)35-15)31-20(30-21)16-10-28-32-7-5-4-6-17(16)32/h4-10,13,15H,11-12H2,1-3H3,(H,29,30,31)/t13?,15-/m1/s1. The van der Waals surface area contributed by atoms with Gasteiger partial charge in [-0.15, -0.1) is 0 Å². The largest absolute Gasteiger partial charge is 0.473 e. The molecule has 5 rings (SSSR count). The van der Waals surface area contributed by atoms with E-state index < -0.39 is 23.5 Å². The van der Waals surface area contributed by atoms with E-state index in [4.69, 9.17) is 14.2 Å². The van der Waals surface area contributed by atoms with Crippen molar-refractivity contribution in [2.24, 2.45) is 0 Å². The van der Waals surface area contributed by atoms with Crippen molar-refractivity contribution in [3.63, 3.8) is 0 Å². The molecule has 0 aromatic carbocycles. The normalized spacial score (nSPS) is 18.0. The molecule has 4 aromatic rings. The van der Waals surface area contributed by atoms with Crippen LogP contribution in [-0.2, 0) is 9.47 Å². The first-order valence-electron chi connectivity index (χ1n) is 11.0. The molecule has 0 amide bonds. The van der Waals surface area contributed by atoms with Gasteiger partial charge in [0.15, 0.2) is 23.2 Å². The van der Waals surface area contributed by atoms with Crippen LogP contribution in [0.2, 0.25) is 0 Å². The third-order valence-corrected chi connectivity index (χ3v) is 5.34. The Hall–Kier alpha value is -3.77. The van der Waals surface area contributed by atoms with Gasteiger partial charge in [0.05, 0.1) is 42.3 Å². The van der Waals surface area contributed by atoms with Crippen molar-refractivity contribution in [3.05, 3.63) is 60.4 Å². The highest BCUT2D eigenvalue weighted by molar-refractivity contribution is 5.76. The number of anilines is 1. The minimum atomic E-state index is -0.794. The van der Waals surface area contributed by atoms with E-state index in [0.717, 1.165) is 17.9 Å². The second-order valence-corrected chi connectivity index (χ2v) is 8.49. The highest BCUT2D eigenvalue weighted by atomic mass is 19.1. The van der Waals surface area contributed by atoms with Crippen LogP contribution < -0.4 is 10.1 Å². The summed E-state index contributed by atoms with van der Waals surface area (Å²) in [6, 6.07) is 4.96. The summed E-state index contributed by atoms with van der Waals surface area (Å²) in [6.45, 7) is 5.63. The summed E-state index contributed by atoms with van der Waals surface area (Å²) in [7, 11) is 0. The minimum absolute atomic E-state index is 0.0294. The van der Waals surface area contributed by atoms with Crippen molar-refractivity contribution in [1.82, 2.24) is 29.5 Å². The molecule has 4 aromatic heterocycles. The first-order valence-corrected chi connectivity index (χ1v) is 11.0. The molecule has 35 heavy (non-hydrogen) atoms. The molecule has 1 N–H and O–H groups in total. The molecule has 1 unspecified atom stereocenters. The van der Waals surface area contributed by atoms with Crippen molar-refractivity contribution >= 4 is 11.3 Å². The fraction of sp³-hybridized carbons (Fsp3) is 0.348. The maximum atomic E-state index is 15.5. The molecule has 1 fully saturated rings. The Balaban J connectivity index is 1.49. The number of hydrogen-bond donors (Lipinski definition) is 1. The highest BCUT2D eigenvalue weighted by Gasteiger charge is 2.33. The zero-order valence-corrected chi connectivity index (χ0v) is 19.3. The van der Waals surface area contributed by atoms with Crippen molar-refractivity contribution in [2.45, 2.75) is 38.7 Å². The first kappa shape index (κ1) is 23.0. The molecule has 1 saturated heterocycles. The number of hydrogen-bond acceptors (Lipinski definition) is 9. The Labute approximate surface area is 199 Å². The number of halogens is 2. The molecular formula is C23H23F2N7O3. The summed E-state index contributed by atoms with van der Waals surface area (Å²) < 4.78 is 47.4. The number of rotatable bonds is 7. The molecule has 0 spiro atoms. The van der Waals surface area contributed by atoms with Crippen LogP contribution in [-0.4, -0.2) is 54.7 Å². The van der Waals surface area contributed by atoms with Gasteiger partial charge in [-0.2, -0.15) is 14.5 Å². The van der Waals surface area contributed by atoms with Gasteiger partial charge in [-0.3, -0.25) is 0 Å². The van der Waals surface area contributed by atoms with E-state index in [-0.39, 0.29) is 36.1 Å². The van der Waals surface area contributed by atoms with Gasteiger partial charge in [-0.05, 0) is 32.9 Å². The van der Waals surface area contributed by atoms with Crippen LogP contribution in [0.3, 0.4) is 0 Å². The monoisotopic (exact) mass is 483 g/mol. The lowest BCUT2D eigenvalue weighted by molar-refractivity contribution is -0.141. The van der Waals surface area contributed by atoms with Crippen LogP contribution in [0.5, 0.6) is 5.88 Å². The van der Waals surface area contributed by atoms with E-state index in [1.807, 2.05) is 18.2 Å². The molecule has 2 atom stereocenters. The molecular weight excluding hydrogens is 460 g/mol. The van der Waals surface area contributed by atoms with Gasteiger partial charge in [0, 0.05) is 6.20 Å². The smallest absolute Gasteiger partial charge is 0.256 e. The van der Waals surface area contributed by atoms with E-state index in [0.29, 0.717) is 12.2 Å². The van der Waals surface area contributed by atoms with Gasteiger partial charge in [0.2, 0.25) is 5.82 Å². The second kappa shape index (κ2) is 9.12. The van der Waals surface area contributed by atoms with Crippen molar-refractivity contribution in [3.8, 4) is 17.3 Å². The molecule has 182 valence electrons. The molecule has 10 nitrogen and oxygen atoms in total. The van der Waals surface area contributed by atoms with Crippen LogP contribution in [0.25, 0.3) is 16.9 Å². The van der Waals surface area contributed by atoms with E-state index in [9.17, 15) is 4.39 Å². The van der Waals surface area contributed by atoms with Gasteiger partial charge < -0.3 is 19.5 Å². The Morgan fingerprint density at radius 3 is 2.74 bits per heavy atom. The molecule has 0 aliphatic carbocycles. The summed E-state index contributed by atoms with van der Waals surface area (Å²) in [5.41, 5.74) is 1.32. The summed E-state index contributed by atoms with van der Waals surface area (Å²) in [5, 5.41) is 7.25. The average molecular weight is 483 g/mol. The van der Waals surface area contributed by atoms with Crippen molar-refractivity contribution in [2.75, 3.05) is 18.5 Å². The lowest BCUT2D eigenvalue weighted by atomic mass is 10.2. The Bertz CT molecular complexity index is 1350. The van der Waals surface area contributed by atoms with E-state index >= 15 is 4.39 Å². The number of pyridine rings is 1.